The van der Waals surface area contributed by atoms with E-state index in [0.717, 1.165) is 11.9 Å². The van der Waals surface area contributed by atoms with Crippen LogP contribution in [0.3, 0.4) is 0 Å². The van der Waals surface area contributed by atoms with Crippen LogP contribution in [0.5, 0.6) is 0 Å². The number of rotatable bonds is 1. The fourth-order valence-electron chi connectivity index (χ4n) is 3.31. The van der Waals surface area contributed by atoms with Crippen LogP contribution in [-0.4, -0.2) is 22.3 Å². The molecular weight excluding hydrogens is 291 g/mol. The first-order valence-electron chi connectivity index (χ1n) is 7.77. The number of nitrogens with zero attached hydrogens (tertiary/aromatic N) is 1. The molecule has 1 amide bonds. The molecule has 0 saturated heterocycles. The number of aromatic nitrogens is 1. The normalized spacial score (nSPS) is 14.1. The summed E-state index contributed by atoms with van der Waals surface area (Å²) in [7, 11) is 0. The van der Waals surface area contributed by atoms with Crippen LogP contribution in [0, 0.1) is 12.7 Å². The third kappa shape index (κ3) is 2.40. The van der Waals surface area contributed by atoms with Crippen molar-refractivity contribution in [2.24, 2.45) is 0 Å². The first kappa shape index (κ1) is 14.0. The van der Waals surface area contributed by atoms with Gasteiger partial charge in [0.1, 0.15) is 5.82 Å². The molecule has 2 aromatic carbocycles. The number of aromatic amines is 1. The van der Waals surface area contributed by atoms with Gasteiger partial charge in [0.05, 0.1) is 0 Å². The van der Waals surface area contributed by atoms with Gasteiger partial charge in [-0.05, 0) is 36.8 Å². The average Bonchev–Trinajstić information content (AvgIpc) is 2.90. The van der Waals surface area contributed by atoms with Crippen molar-refractivity contribution in [1.82, 2.24) is 9.88 Å². The highest BCUT2D eigenvalue weighted by Crippen LogP contribution is 2.29. The monoisotopic (exact) mass is 308 g/mol. The van der Waals surface area contributed by atoms with E-state index in [4.69, 9.17) is 0 Å². The molecule has 1 N–H and O–H groups in total. The second kappa shape index (κ2) is 5.23. The summed E-state index contributed by atoms with van der Waals surface area (Å²) in [5, 5.41) is 1.17. The summed E-state index contributed by atoms with van der Waals surface area (Å²) in [6.07, 6.45) is 0.796. The Kier molecular flexibility index (Phi) is 3.18. The summed E-state index contributed by atoms with van der Waals surface area (Å²) in [6.45, 7) is 3.28. The molecule has 1 aliphatic rings. The zero-order valence-corrected chi connectivity index (χ0v) is 12.9. The SMILES string of the molecule is Cc1ccc2c3c([nH]c2c1)CCN(C(=O)c1cccc(F)c1)C3. The van der Waals surface area contributed by atoms with E-state index < -0.39 is 0 Å². The molecule has 0 aliphatic carbocycles. The lowest BCUT2D eigenvalue weighted by Gasteiger charge is -2.27. The van der Waals surface area contributed by atoms with Gasteiger partial charge in [-0.2, -0.15) is 0 Å². The predicted octanol–water partition coefficient (Wildman–Crippen LogP) is 3.81. The Balaban J connectivity index is 1.68. The number of benzene rings is 2. The maximum absolute atomic E-state index is 13.4. The molecule has 116 valence electrons. The number of H-pyrrole nitrogens is 1. The van der Waals surface area contributed by atoms with Crippen molar-refractivity contribution in [2.75, 3.05) is 6.54 Å². The Morgan fingerprint density at radius 2 is 2.09 bits per heavy atom. The summed E-state index contributed by atoms with van der Waals surface area (Å²) in [6, 6.07) is 12.2. The molecule has 1 aromatic heterocycles. The van der Waals surface area contributed by atoms with E-state index >= 15 is 0 Å². The lowest BCUT2D eigenvalue weighted by Crippen LogP contribution is -2.35. The van der Waals surface area contributed by atoms with E-state index in [1.54, 1.807) is 17.0 Å². The fourth-order valence-corrected chi connectivity index (χ4v) is 3.31. The number of halogens is 1. The van der Waals surface area contributed by atoms with Crippen LogP contribution in [0.1, 0.15) is 27.2 Å². The van der Waals surface area contributed by atoms with E-state index in [0.29, 0.717) is 18.7 Å². The minimum absolute atomic E-state index is 0.114. The zero-order valence-electron chi connectivity index (χ0n) is 12.9. The molecule has 0 unspecified atom stereocenters. The molecule has 1 aliphatic heterocycles. The molecule has 0 bridgehead atoms. The highest BCUT2D eigenvalue weighted by Gasteiger charge is 2.24. The second-order valence-corrected chi connectivity index (χ2v) is 6.12. The molecule has 0 saturated carbocycles. The van der Waals surface area contributed by atoms with Gasteiger partial charge in [0.15, 0.2) is 0 Å². The fraction of sp³-hybridized carbons (Fsp3) is 0.211. The van der Waals surface area contributed by atoms with Crippen LogP contribution in [0.25, 0.3) is 10.9 Å². The van der Waals surface area contributed by atoms with Crippen LogP contribution in [-0.2, 0) is 13.0 Å². The number of hydrogen-bond donors (Lipinski definition) is 1. The molecular formula is C19H17FN2O. The standard InChI is InChI=1S/C19H17FN2O/c1-12-5-6-15-16-11-22(8-7-17(16)21-18(15)9-12)19(23)13-3-2-4-14(20)10-13/h2-6,9-10,21H,7-8,11H2,1H3. The summed E-state index contributed by atoms with van der Waals surface area (Å²) >= 11 is 0. The zero-order chi connectivity index (χ0) is 16.0. The number of carbonyl (C=O) groups is 1. The van der Waals surface area contributed by atoms with Gasteiger partial charge >= 0.3 is 0 Å². The van der Waals surface area contributed by atoms with E-state index in [2.05, 4.69) is 30.1 Å². The molecule has 0 fully saturated rings. The molecule has 0 spiro atoms. The highest BCUT2D eigenvalue weighted by molar-refractivity contribution is 5.95. The summed E-state index contributed by atoms with van der Waals surface area (Å²) in [4.78, 5) is 17.9. The predicted molar refractivity (Wildman–Crippen MR) is 87.9 cm³/mol. The quantitative estimate of drug-likeness (QED) is 0.729. The van der Waals surface area contributed by atoms with Gasteiger partial charge in [-0.3, -0.25) is 4.79 Å². The van der Waals surface area contributed by atoms with E-state index in [9.17, 15) is 9.18 Å². The van der Waals surface area contributed by atoms with Crippen molar-refractivity contribution in [3.05, 3.63) is 70.7 Å². The summed E-state index contributed by atoms with van der Waals surface area (Å²) < 4.78 is 13.4. The molecule has 0 radical (unpaired) electrons. The second-order valence-electron chi connectivity index (χ2n) is 6.12. The van der Waals surface area contributed by atoms with E-state index in [-0.39, 0.29) is 11.7 Å². The minimum Gasteiger partial charge on any atom is -0.358 e. The summed E-state index contributed by atoms with van der Waals surface area (Å²) in [5.74, 6) is -0.493. The average molecular weight is 308 g/mol. The van der Waals surface area contributed by atoms with Gasteiger partial charge in [0, 0.05) is 47.2 Å². The van der Waals surface area contributed by atoms with E-state index in [1.165, 1.54) is 34.3 Å². The first-order chi connectivity index (χ1) is 11.1. The molecule has 4 heteroatoms. The van der Waals surface area contributed by atoms with Crippen molar-refractivity contribution in [3.63, 3.8) is 0 Å². The van der Waals surface area contributed by atoms with Gasteiger partial charge in [-0.15, -0.1) is 0 Å². The third-order valence-electron chi connectivity index (χ3n) is 4.49. The van der Waals surface area contributed by atoms with Crippen molar-refractivity contribution in [1.29, 1.82) is 0 Å². The first-order valence-corrected chi connectivity index (χ1v) is 7.77. The molecule has 2 heterocycles. The maximum Gasteiger partial charge on any atom is 0.254 e. The number of nitrogens with one attached hydrogen (secondary N) is 1. The van der Waals surface area contributed by atoms with Gasteiger partial charge in [-0.1, -0.05) is 18.2 Å². The van der Waals surface area contributed by atoms with Gasteiger partial charge in [0.25, 0.3) is 5.91 Å². The van der Waals surface area contributed by atoms with Crippen LogP contribution < -0.4 is 0 Å². The van der Waals surface area contributed by atoms with Crippen LogP contribution in [0.4, 0.5) is 4.39 Å². The molecule has 0 atom stereocenters. The topological polar surface area (TPSA) is 36.1 Å². The van der Waals surface area contributed by atoms with Crippen LogP contribution in [0.2, 0.25) is 0 Å². The summed E-state index contributed by atoms with van der Waals surface area (Å²) in [5.41, 5.74) is 5.12. The van der Waals surface area contributed by atoms with Gasteiger partial charge in [-0.25, -0.2) is 4.39 Å². The Morgan fingerprint density at radius 1 is 1.22 bits per heavy atom. The van der Waals surface area contributed by atoms with Crippen LogP contribution in [0.15, 0.2) is 42.5 Å². The third-order valence-corrected chi connectivity index (χ3v) is 4.49. The van der Waals surface area contributed by atoms with Crippen molar-refractivity contribution in [3.8, 4) is 0 Å². The number of aryl methyl sites for hydroxylation is 1. The van der Waals surface area contributed by atoms with Crippen molar-refractivity contribution in [2.45, 2.75) is 19.9 Å². The number of carbonyl (C=O) groups excluding carboxylic acids is 1. The molecule has 23 heavy (non-hydrogen) atoms. The lowest BCUT2D eigenvalue weighted by molar-refractivity contribution is 0.0734. The Hall–Kier alpha value is -2.62. The van der Waals surface area contributed by atoms with Crippen LogP contribution >= 0.6 is 0 Å². The minimum atomic E-state index is -0.379. The maximum atomic E-state index is 13.4. The number of fused-ring (bicyclic) bond motifs is 3. The Morgan fingerprint density at radius 3 is 2.91 bits per heavy atom. The van der Waals surface area contributed by atoms with Crippen molar-refractivity contribution >= 4 is 16.8 Å². The van der Waals surface area contributed by atoms with Gasteiger partial charge < -0.3 is 9.88 Å². The Labute approximate surface area is 133 Å². The largest absolute Gasteiger partial charge is 0.358 e. The van der Waals surface area contributed by atoms with Crippen molar-refractivity contribution < 1.29 is 9.18 Å². The molecule has 3 nitrogen and oxygen atoms in total. The number of amides is 1. The lowest BCUT2D eigenvalue weighted by atomic mass is 10.0. The molecule has 4 rings (SSSR count). The Bertz CT molecular complexity index is 913. The number of hydrogen-bond acceptors (Lipinski definition) is 1. The van der Waals surface area contributed by atoms with E-state index in [1.807, 2.05) is 0 Å². The molecule has 3 aromatic rings. The highest BCUT2D eigenvalue weighted by atomic mass is 19.1. The van der Waals surface area contributed by atoms with Gasteiger partial charge in [0.2, 0.25) is 0 Å². The smallest absolute Gasteiger partial charge is 0.254 e.